The minimum atomic E-state index is -0.0272. The second-order valence-corrected chi connectivity index (χ2v) is 7.43. The molecule has 1 atom stereocenters. The van der Waals surface area contributed by atoms with Gasteiger partial charge in [-0.25, -0.2) is 4.98 Å². The number of imidazole rings is 1. The minimum absolute atomic E-state index is 0.0272. The zero-order chi connectivity index (χ0) is 17.4. The summed E-state index contributed by atoms with van der Waals surface area (Å²) in [5.41, 5.74) is 3.36. The molecular weight excluding hydrogens is 314 g/mol. The molecule has 1 saturated heterocycles. The maximum Gasteiger partial charge on any atom is 0.237 e. The van der Waals surface area contributed by atoms with Crippen LogP contribution in [0.4, 0.5) is 0 Å². The Balaban J connectivity index is 1.32. The van der Waals surface area contributed by atoms with Crippen LogP contribution in [0.3, 0.4) is 0 Å². The van der Waals surface area contributed by atoms with Crippen LogP contribution in [0.2, 0.25) is 0 Å². The maximum absolute atomic E-state index is 12.2. The van der Waals surface area contributed by atoms with E-state index in [0.29, 0.717) is 6.04 Å². The summed E-state index contributed by atoms with van der Waals surface area (Å²) in [5.74, 6) is 0.187. The number of piperazine rings is 1. The molecule has 4 rings (SSSR count). The first kappa shape index (κ1) is 16.5. The standard InChI is InChI=1S/C19H27N5O/c1-14-4-3-7-24-13-17(20-18(14)24)12-22-8-10-23(11-9-22)15(2)19(25)21-16-5-6-16/h3-4,7,13,15-16H,5-6,8-12H2,1-2H3,(H,21,25). The van der Waals surface area contributed by atoms with Crippen LogP contribution in [0.1, 0.15) is 31.0 Å². The highest BCUT2D eigenvalue weighted by molar-refractivity contribution is 5.81. The number of rotatable bonds is 5. The van der Waals surface area contributed by atoms with Crippen LogP contribution in [0.15, 0.2) is 24.5 Å². The zero-order valence-corrected chi connectivity index (χ0v) is 15.1. The van der Waals surface area contributed by atoms with Crippen molar-refractivity contribution in [2.45, 2.75) is 45.3 Å². The van der Waals surface area contributed by atoms with Gasteiger partial charge >= 0.3 is 0 Å². The average Bonchev–Trinajstić information content (AvgIpc) is 3.32. The summed E-state index contributed by atoms with van der Waals surface area (Å²) in [7, 11) is 0. The molecule has 2 fully saturated rings. The minimum Gasteiger partial charge on any atom is -0.352 e. The molecule has 2 aromatic heterocycles. The normalized spacial score (nSPS) is 20.7. The highest BCUT2D eigenvalue weighted by atomic mass is 16.2. The molecule has 1 N–H and O–H groups in total. The Morgan fingerprint density at radius 1 is 1.32 bits per heavy atom. The van der Waals surface area contributed by atoms with Gasteiger partial charge in [0.25, 0.3) is 0 Å². The first-order chi connectivity index (χ1) is 12.1. The second kappa shape index (κ2) is 6.77. The number of aromatic nitrogens is 2. The molecule has 0 radical (unpaired) electrons. The first-order valence-electron chi connectivity index (χ1n) is 9.30. The van der Waals surface area contributed by atoms with Gasteiger partial charge in [0.2, 0.25) is 5.91 Å². The molecule has 0 spiro atoms. The predicted octanol–water partition coefficient (Wildman–Crippen LogP) is 1.43. The van der Waals surface area contributed by atoms with Crippen molar-refractivity contribution >= 4 is 11.6 Å². The summed E-state index contributed by atoms with van der Waals surface area (Å²) in [6.07, 6.45) is 6.47. The molecule has 2 aromatic rings. The topological polar surface area (TPSA) is 52.9 Å². The number of hydrogen-bond donors (Lipinski definition) is 1. The summed E-state index contributed by atoms with van der Waals surface area (Å²) >= 11 is 0. The Labute approximate surface area is 148 Å². The van der Waals surface area contributed by atoms with Crippen molar-refractivity contribution in [3.05, 3.63) is 35.8 Å². The molecule has 3 heterocycles. The number of hydrogen-bond acceptors (Lipinski definition) is 4. The van der Waals surface area contributed by atoms with Crippen molar-refractivity contribution in [1.29, 1.82) is 0 Å². The van der Waals surface area contributed by atoms with Crippen LogP contribution < -0.4 is 5.32 Å². The molecule has 0 bridgehead atoms. The Hall–Kier alpha value is -1.92. The number of carbonyl (C=O) groups is 1. The fourth-order valence-electron chi connectivity index (χ4n) is 3.53. The van der Waals surface area contributed by atoms with Crippen LogP contribution in [-0.4, -0.2) is 63.4 Å². The summed E-state index contributed by atoms with van der Waals surface area (Å²) in [4.78, 5) is 21.7. The maximum atomic E-state index is 12.2. The van der Waals surface area contributed by atoms with E-state index < -0.39 is 0 Å². The SMILES string of the molecule is Cc1cccn2cc(CN3CCN(C(C)C(=O)NC4CC4)CC3)nc12. The van der Waals surface area contributed by atoms with E-state index in [9.17, 15) is 4.79 Å². The van der Waals surface area contributed by atoms with Gasteiger partial charge in [0, 0.05) is 51.2 Å². The van der Waals surface area contributed by atoms with E-state index in [1.165, 1.54) is 5.56 Å². The molecule has 1 saturated carbocycles. The van der Waals surface area contributed by atoms with Crippen molar-refractivity contribution in [2.24, 2.45) is 0 Å². The molecule has 6 nitrogen and oxygen atoms in total. The van der Waals surface area contributed by atoms with Gasteiger partial charge in [-0.3, -0.25) is 14.6 Å². The summed E-state index contributed by atoms with van der Waals surface area (Å²) in [6, 6.07) is 4.56. The molecule has 1 aliphatic carbocycles. The zero-order valence-electron chi connectivity index (χ0n) is 15.1. The average molecular weight is 341 g/mol. The largest absolute Gasteiger partial charge is 0.352 e. The van der Waals surface area contributed by atoms with Crippen molar-refractivity contribution in [3.63, 3.8) is 0 Å². The number of nitrogens with zero attached hydrogens (tertiary/aromatic N) is 4. The van der Waals surface area contributed by atoms with E-state index in [2.05, 4.69) is 51.0 Å². The van der Waals surface area contributed by atoms with Crippen LogP contribution in [0.5, 0.6) is 0 Å². The Morgan fingerprint density at radius 2 is 2.08 bits per heavy atom. The highest BCUT2D eigenvalue weighted by Crippen LogP contribution is 2.19. The third-order valence-corrected chi connectivity index (χ3v) is 5.37. The second-order valence-electron chi connectivity index (χ2n) is 7.43. The van der Waals surface area contributed by atoms with Gasteiger partial charge in [-0.2, -0.15) is 0 Å². The van der Waals surface area contributed by atoms with Gasteiger partial charge in [0.1, 0.15) is 5.65 Å². The van der Waals surface area contributed by atoms with Gasteiger partial charge in [0.15, 0.2) is 0 Å². The lowest BCUT2D eigenvalue weighted by Gasteiger charge is -2.37. The molecular formula is C19H27N5O. The molecule has 1 amide bonds. The van der Waals surface area contributed by atoms with Crippen LogP contribution in [0.25, 0.3) is 5.65 Å². The number of carbonyl (C=O) groups excluding carboxylic acids is 1. The molecule has 6 heteroatoms. The molecule has 2 aliphatic rings. The first-order valence-corrected chi connectivity index (χ1v) is 9.30. The van der Waals surface area contributed by atoms with E-state index in [0.717, 1.165) is 56.9 Å². The molecule has 134 valence electrons. The van der Waals surface area contributed by atoms with Crippen LogP contribution in [-0.2, 0) is 11.3 Å². The van der Waals surface area contributed by atoms with Gasteiger partial charge < -0.3 is 9.72 Å². The Morgan fingerprint density at radius 3 is 2.76 bits per heavy atom. The lowest BCUT2D eigenvalue weighted by molar-refractivity contribution is -0.126. The molecule has 1 aliphatic heterocycles. The van der Waals surface area contributed by atoms with Crippen molar-refractivity contribution < 1.29 is 4.79 Å². The molecule has 25 heavy (non-hydrogen) atoms. The lowest BCUT2D eigenvalue weighted by Crippen LogP contribution is -2.53. The highest BCUT2D eigenvalue weighted by Gasteiger charge is 2.30. The van der Waals surface area contributed by atoms with Crippen molar-refractivity contribution in [2.75, 3.05) is 26.2 Å². The van der Waals surface area contributed by atoms with Gasteiger partial charge in [-0.1, -0.05) is 6.07 Å². The van der Waals surface area contributed by atoms with Gasteiger partial charge in [0.05, 0.1) is 11.7 Å². The number of aryl methyl sites for hydroxylation is 1. The number of nitrogens with one attached hydrogen (secondary N) is 1. The summed E-state index contributed by atoms with van der Waals surface area (Å²) in [5, 5.41) is 3.12. The third-order valence-electron chi connectivity index (χ3n) is 5.37. The smallest absolute Gasteiger partial charge is 0.237 e. The fraction of sp³-hybridized carbons (Fsp3) is 0.579. The number of pyridine rings is 1. The summed E-state index contributed by atoms with van der Waals surface area (Å²) < 4.78 is 2.10. The van der Waals surface area contributed by atoms with E-state index in [-0.39, 0.29) is 11.9 Å². The van der Waals surface area contributed by atoms with Crippen molar-refractivity contribution in [1.82, 2.24) is 24.5 Å². The monoisotopic (exact) mass is 341 g/mol. The molecule has 1 unspecified atom stereocenters. The lowest BCUT2D eigenvalue weighted by atomic mass is 10.2. The van der Waals surface area contributed by atoms with Crippen LogP contribution in [0, 0.1) is 6.92 Å². The van der Waals surface area contributed by atoms with Gasteiger partial charge in [-0.15, -0.1) is 0 Å². The van der Waals surface area contributed by atoms with E-state index in [1.807, 2.05) is 6.92 Å². The Kier molecular flexibility index (Phi) is 4.48. The fourth-order valence-corrected chi connectivity index (χ4v) is 3.53. The Bertz CT molecular complexity index is 758. The van der Waals surface area contributed by atoms with Crippen molar-refractivity contribution in [3.8, 4) is 0 Å². The van der Waals surface area contributed by atoms with Crippen LogP contribution >= 0.6 is 0 Å². The predicted molar refractivity (Wildman–Crippen MR) is 97.4 cm³/mol. The van der Waals surface area contributed by atoms with Gasteiger partial charge in [-0.05, 0) is 38.3 Å². The quantitative estimate of drug-likeness (QED) is 0.894. The number of fused-ring (bicyclic) bond motifs is 1. The van der Waals surface area contributed by atoms with E-state index in [1.54, 1.807) is 0 Å². The van der Waals surface area contributed by atoms with E-state index in [4.69, 9.17) is 4.98 Å². The molecule has 0 aromatic carbocycles. The summed E-state index contributed by atoms with van der Waals surface area (Å²) in [6.45, 7) is 8.83. The third kappa shape index (κ3) is 3.70. The van der Waals surface area contributed by atoms with E-state index >= 15 is 0 Å². The number of amides is 1.